The van der Waals surface area contributed by atoms with Gasteiger partial charge in [0.25, 0.3) is 0 Å². The SMILES string of the molecule is CCCCCCCC/C=C\CCCCCCCCNCCCNCCCNCCCN. The van der Waals surface area contributed by atoms with Crippen molar-refractivity contribution >= 4 is 0 Å². The number of nitrogens with one attached hydrogen (secondary N) is 3. The number of unbranched alkanes of at least 4 members (excludes halogenated alkanes) is 12. The lowest BCUT2D eigenvalue weighted by Gasteiger charge is -2.07. The van der Waals surface area contributed by atoms with Crippen molar-refractivity contribution in [3.63, 3.8) is 0 Å². The normalized spacial score (nSPS) is 11.7. The van der Waals surface area contributed by atoms with Gasteiger partial charge in [0, 0.05) is 0 Å². The molecule has 4 heteroatoms. The van der Waals surface area contributed by atoms with Crippen molar-refractivity contribution in [3.8, 4) is 0 Å². The lowest BCUT2D eigenvalue weighted by molar-refractivity contribution is 0.541. The molecule has 186 valence electrons. The fourth-order valence-corrected chi connectivity index (χ4v) is 3.78. The highest BCUT2D eigenvalue weighted by Crippen LogP contribution is 2.09. The minimum atomic E-state index is 0.787. The first-order valence-electron chi connectivity index (χ1n) is 13.9. The van der Waals surface area contributed by atoms with Crippen molar-refractivity contribution in [2.24, 2.45) is 5.73 Å². The van der Waals surface area contributed by atoms with Crippen LogP contribution in [0.1, 0.15) is 116 Å². The van der Waals surface area contributed by atoms with Crippen molar-refractivity contribution in [1.29, 1.82) is 0 Å². The maximum atomic E-state index is 5.47. The average Bonchev–Trinajstić information content (AvgIpc) is 2.78. The maximum Gasteiger partial charge on any atom is -0.00368 e. The third-order valence-corrected chi connectivity index (χ3v) is 5.84. The van der Waals surface area contributed by atoms with E-state index >= 15 is 0 Å². The number of hydrogen-bond donors (Lipinski definition) is 4. The molecule has 0 heterocycles. The van der Waals surface area contributed by atoms with Crippen LogP contribution in [0.15, 0.2) is 12.2 Å². The van der Waals surface area contributed by atoms with E-state index in [1.54, 1.807) is 0 Å². The summed E-state index contributed by atoms with van der Waals surface area (Å²) in [4.78, 5) is 0. The van der Waals surface area contributed by atoms with E-state index in [1.165, 1.54) is 109 Å². The molecule has 0 aliphatic rings. The fraction of sp³-hybridized carbons (Fsp3) is 0.926. The van der Waals surface area contributed by atoms with Gasteiger partial charge in [-0.2, -0.15) is 0 Å². The van der Waals surface area contributed by atoms with E-state index < -0.39 is 0 Å². The first kappa shape index (κ1) is 30.6. The molecule has 0 bridgehead atoms. The van der Waals surface area contributed by atoms with Crippen molar-refractivity contribution in [1.82, 2.24) is 16.0 Å². The van der Waals surface area contributed by atoms with Crippen LogP contribution in [0.5, 0.6) is 0 Å². The lowest BCUT2D eigenvalue weighted by atomic mass is 10.1. The van der Waals surface area contributed by atoms with E-state index in [9.17, 15) is 0 Å². The summed E-state index contributed by atoms with van der Waals surface area (Å²) >= 11 is 0. The molecule has 0 fully saturated rings. The van der Waals surface area contributed by atoms with Gasteiger partial charge < -0.3 is 21.7 Å². The zero-order valence-corrected chi connectivity index (χ0v) is 21.2. The second kappa shape index (κ2) is 29.6. The molecular formula is C27H58N4. The Morgan fingerprint density at radius 1 is 0.452 bits per heavy atom. The Morgan fingerprint density at radius 2 is 0.839 bits per heavy atom. The minimum absolute atomic E-state index is 0.787. The summed E-state index contributed by atoms with van der Waals surface area (Å²) in [5.74, 6) is 0. The molecule has 0 aliphatic carbocycles. The molecule has 0 aromatic rings. The van der Waals surface area contributed by atoms with Gasteiger partial charge in [-0.25, -0.2) is 0 Å². The van der Waals surface area contributed by atoms with Crippen LogP contribution < -0.4 is 21.7 Å². The molecule has 0 aliphatic heterocycles. The Balaban J connectivity index is 3.04. The van der Waals surface area contributed by atoms with Gasteiger partial charge in [0.15, 0.2) is 0 Å². The first-order valence-corrected chi connectivity index (χ1v) is 13.9. The molecule has 0 aromatic carbocycles. The summed E-state index contributed by atoms with van der Waals surface area (Å²) in [6.45, 7) is 9.80. The van der Waals surface area contributed by atoms with Crippen LogP contribution in [0.2, 0.25) is 0 Å². The van der Waals surface area contributed by atoms with E-state index in [-0.39, 0.29) is 0 Å². The molecule has 4 nitrogen and oxygen atoms in total. The fourth-order valence-electron chi connectivity index (χ4n) is 3.78. The molecule has 0 unspecified atom stereocenters. The molecule has 0 atom stereocenters. The number of rotatable bonds is 27. The van der Waals surface area contributed by atoms with Gasteiger partial charge >= 0.3 is 0 Å². The molecule has 5 N–H and O–H groups in total. The van der Waals surface area contributed by atoms with Gasteiger partial charge in [-0.15, -0.1) is 0 Å². The van der Waals surface area contributed by atoms with Gasteiger partial charge in [-0.05, 0) is 97.2 Å². The second-order valence-corrected chi connectivity index (χ2v) is 9.04. The zero-order valence-electron chi connectivity index (χ0n) is 21.2. The van der Waals surface area contributed by atoms with E-state index in [1.807, 2.05) is 0 Å². The highest BCUT2D eigenvalue weighted by molar-refractivity contribution is 4.81. The van der Waals surface area contributed by atoms with E-state index in [4.69, 9.17) is 5.73 Å². The van der Waals surface area contributed by atoms with E-state index in [0.29, 0.717) is 0 Å². The van der Waals surface area contributed by atoms with Crippen molar-refractivity contribution in [2.45, 2.75) is 116 Å². The minimum Gasteiger partial charge on any atom is -0.330 e. The van der Waals surface area contributed by atoms with Crippen molar-refractivity contribution in [2.75, 3.05) is 45.8 Å². The summed E-state index contributed by atoms with van der Waals surface area (Å²) < 4.78 is 0. The molecule has 0 saturated carbocycles. The zero-order chi connectivity index (χ0) is 22.5. The maximum absolute atomic E-state index is 5.47. The van der Waals surface area contributed by atoms with Crippen molar-refractivity contribution < 1.29 is 0 Å². The standard InChI is InChI=1S/C27H58N4/c1-2-3-4-5-6-7-8-9-10-11-12-13-14-15-16-17-22-29-24-19-26-31-27-20-25-30-23-18-21-28/h9-10,29-31H,2-8,11-28H2,1H3/b10-9-. The topological polar surface area (TPSA) is 62.1 Å². The van der Waals surface area contributed by atoms with Crippen molar-refractivity contribution in [3.05, 3.63) is 12.2 Å². The Bertz CT molecular complexity index is 333. The number of hydrogen-bond acceptors (Lipinski definition) is 4. The highest BCUT2D eigenvalue weighted by atomic mass is 14.9. The molecule has 0 saturated heterocycles. The molecule has 0 radical (unpaired) electrons. The summed E-state index contributed by atoms with van der Waals surface area (Å²) in [5.41, 5.74) is 5.47. The average molecular weight is 439 g/mol. The van der Waals surface area contributed by atoms with E-state index in [0.717, 1.165) is 45.7 Å². The largest absolute Gasteiger partial charge is 0.330 e. The van der Waals surface area contributed by atoms with Gasteiger partial charge in [0.05, 0.1) is 0 Å². The van der Waals surface area contributed by atoms with Crippen LogP contribution >= 0.6 is 0 Å². The molecule has 0 amide bonds. The summed E-state index contributed by atoms with van der Waals surface area (Å²) in [6, 6.07) is 0. The van der Waals surface area contributed by atoms with Crippen LogP contribution in [0.25, 0.3) is 0 Å². The molecule has 0 spiro atoms. The Labute approximate surface area is 196 Å². The van der Waals surface area contributed by atoms with Crippen LogP contribution in [0.4, 0.5) is 0 Å². The second-order valence-electron chi connectivity index (χ2n) is 9.04. The van der Waals surface area contributed by atoms with Crippen LogP contribution in [-0.4, -0.2) is 45.8 Å². The molecule has 0 rings (SSSR count). The van der Waals surface area contributed by atoms with Gasteiger partial charge in [-0.1, -0.05) is 76.9 Å². The number of nitrogens with two attached hydrogens (primary N) is 1. The van der Waals surface area contributed by atoms with E-state index in [2.05, 4.69) is 35.0 Å². The Morgan fingerprint density at radius 3 is 1.32 bits per heavy atom. The molecule has 31 heavy (non-hydrogen) atoms. The predicted molar refractivity (Wildman–Crippen MR) is 141 cm³/mol. The quantitative estimate of drug-likeness (QED) is 0.0949. The summed E-state index contributed by atoms with van der Waals surface area (Å²) in [7, 11) is 0. The Kier molecular flexibility index (Phi) is 29.2. The highest BCUT2D eigenvalue weighted by Gasteiger charge is 1.93. The first-order chi connectivity index (χ1) is 15.4. The lowest BCUT2D eigenvalue weighted by Crippen LogP contribution is -2.26. The van der Waals surface area contributed by atoms with Gasteiger partial charge in [-0.3, -0.25) is 0 Å². The monoisotopic (exact) mass is 438 g/mol. The Hall–Kier alpha value is -0.420. The predicted octanol–water partition coefficient (Wildman–Crippen LogP) is 5.92. The molecular weight excluding hydrogens is 380 g/mol. The third-order valence-electron chi connectivity index (χ3n) is 5.84. The third kappa shape index (κ3) is 29.6. The molecule has 0 aromatic heterocycles. The van der Waals surface area contributed by atoms with Gasteiger partial charge in [0.2, 0.25) is 0 Å². The summed E-state index contributed by atoms with van der Waals surface area (Å²) in [6.07, 6.45) is 27.7. The van der Waals surface area contributed by atoms with Crippen LogP contribution in [0.3, 0.4) is 0 Å². The van der Waals surface area contributed by atoms with Gasteiger partial charge in [0.1, 0.15) is 0 Å². The number of allylic oxidation sites excluding steroid dienone is 2. The smallest absolute Gasteiger partial charge is 0.00368 e. The summed E-state index contributed by atoms with van der Waals surface area (Å²) in [5, 5.41) is 10.5. The van der Waals surface area contributed by atoms with Crippen LogP contribution in [0, 0.1) is 0 Å². The van der Waals surface area contributed by atoms with Crippen LogP contribution in [-0.2, 0) is 0 Å².